The van der Waals surface area contributed by atoms with Crippen LogP contribution < -0.4 is 10.1 Å². The third kappa shape index (κ3) is 3.89. The Morgan fingerprint density at radius 1 is 1.28 bits per heavy atom. The number of amides is 1. The minimum atomic E-state index is -0.456. The van der Waals surface area contributed by atoms with E-state index in [2.05, 4.69) is 20.5 Å². The highest BCUT2D eigenvalue weighted by atomic mass is 35.5. The number of hydrogen-bond donors (Lipinski definition) is 3. The Morgan fingerprint density at radius 2 is 2.04 bits per heavy atom. The molecule has 0 atom stereocenters. The molecular formula is C17H15ClN4O3. The van der Waals surface area contributed by atoms with Crippen LogP contribution in [0.15, 0.2) is 42.5 Å². The number of aromatic amines is 1. The van der Waals surface area contributed by atoms with Gasteiger partial charge in [-0.3, -0.25) is 9.89 Å². The van der Waals surface area contributed by atoms with Crippen molar-refractivity contribution in [3.8, 4) is 22.9 Å². The van der Waals surface area contributed by atoms with Crippen molar-refractivity contribution in [1.82, 2.24) is 20.5 Å². The van der Waals surface area contributed by atoms with E-state index in [9.17, 15) is 9.90 Å². The molecule has 0 unspecified atom stereocenters. The Labute approximate surface area is 148 Å². The fourth-order valence-electron chi connectivity index (χ4n) is 2.19. The number of phenols is 1. The Bertz CT molecular complexity index is 893. The molecule has 1 heterocycles. The van der Waals surface area contributed by atoms with Crippen molar-refractivity contribution >= 4 is 17.5 Å². The minimum absolute atomic E-state index is 0.0994. The van der Waals surface area contributed by atoms with Crippen molar-refractivity contribution in [1.29, 1.82) is 0 Å². The van der Waals surface area contributed by atoms with Gasteiger partial charge in [0.15, 0.2) is 5.82 Å². The van der Waals surface area contributed by atoms with E-state index < -0.39 is 5.91 Å². The van der Waals surface area contributed by atoms with E-state index >= 15 is 0 Å². The maximum Gasteiger partial charge on any atom is 0.255 e. The lowest BCUT2D eigenvalue weighted by Gasteiger charge is -2.05. The van der Waals surface area contributed by atoms with E-state index in [-0.39, 0.29) is 17.9 Å². The number of aromatic hydroxyl groups is 1. The van der Waals surface area contributed by atoms with Crippen LogP contribution in [0.2, 0.25) is 5.02 Å². The first-order chi connectivity index (χ1) is 12.1. The Hall–Kier alpha value is -3.06. The van der Waals surface area contributed by atoms with Crippen LogP contribution in [-0.2, 0) is 6.54 Å². The predicted molar refractivity (Wildman–Crippen MR) is 92.7 cm³/mol. The highest BCUT2D eigenvalue weighted by molar-refractivity contribution is 6.31. The zero-order chi connectivity index (χ0) is 17.8. The van der Waals surface area contributed by atoms with E-state index in [0.717, 1.165) is 11.3 Å². The smallest absolute Gasteiger partial charge is 0.255 e. The van der Waals surface area contributed by atoms with Crippen molar-refractivity contribution in [3.05, 3.63) is 58.9 Å². The molecule has 0 radical (unpaired) electrons. The summed E-state index contributed by atoms with van der Waals surface area (Å²) >= 11 is 5.84. The number of H-pyrrole nitrogens is 1. The average Bonchev–Trinajstić information content (AvgIpc) is 3.11. The van der Waals surface area contributed by atoms with Gasteiger partial charge < -0.3 is 15.2 Å². The molecule has 7 nitrogen and oxygen atoms in total. The Morgan fingerprint density at radius 3 is 2.76 bits per heavy atom. The van der Waals surface area contributed by atoms with Crippen molar-refractivity contribution in [2.45, 2.75) is 6.54 Å². The molecule has 128 valence electrons. The van der Waals surface area contributed by atoms with Gasteiger partial charge in [-0.2, -0.15) is 5.10 Å². The lowest BCUT2D eigenvalue weighted by Crippen LogP contribution is -2.23. The molecule has 0 aliphatic heterocycles. The Balaban J connectivity index is 1.67. The number of ether oxygens (including phenoxy) is 1. The van der Waals surface area contributed by atoms with Gasteiger partial charge in [0.25, 0.3) is 5.91 Å². The molecular weight excluding hydrogens is 344 g/mol. The van der Waals surface area contributed by atoms with E-state index in [4.69, 9.17) is 16.3 Å². The zero-order valence-electron chi connectivity index (χ0n) is 13.3. The quantitative estimate of drug-likeness (QED) is 0.651. The zero-order valence-corrected chi connectivity index (χ0v) is 14.0. The fourth-order valence-corrected chi connectivity index (χ4v) is 2.37. The van der Waals surface area contributed by atoms with Gasteiger partial charge in [0.2, 0.25) is 0 Å². The summed E-state index contributed by atoms with van der Waals surface area (Å²) in [6.07, 6.45) is 0. The second-order valence-corrected chi connectivity index (χ2v) is 5.61. The molecule has 0 saturated heterocycles. The number of carbonyl (C=O) groups excluding carboxylic acids is 1. The SMILES string of the molecule is COc1ccc(-c2n[nH]c(CNC(=O)c3cc(Cl)ccc3O)n2)cc1. The number of carbonyl (C=O) groups is 1. The first-order valence-corrected chi connectivity index (χ1v) is 7.77. The Kier molecular flexibility index (Phi) is 4.85. The fraction of sp³-hybridized carbons (Fsp3) is 0.118. The second-order valence-electron chi connectivity index (χ2n) is 5.18. The molecule has 1 aromatic heterocycles. The van der Waals surface area contributed by atoms with Gasteiger partial charge in [-0.25, -0.2) is 4.98 Å². The number of methoxy groups -OCH3 is 1. The number of benzene rings is 2. The van der Waals surface area contributed by atoms with Crippen molar-refractivity contribution in [2.24, 2.45) is 0 Å². The van der Waals surface area contributed by atoms with Crippen molar-refractivity contribution < 1.29 is 14.6 Å². The lowest BCUT2D eigenvalue weighted by atomic mass is 10.2. The summed E-state index contributed by atoms with van der Waals surface area (Å²) < 4.78 is 5.11. The lowest BCUT2D eigenvalue weighted by molar-refractivity contribution is 0.0947. The molecule has 0 aliphatic carbocycles. The van der Waals surface area contributed by atoms with Gasteiger partial charge >= 0.3 is 0 Å². The van der Waals surface area contributed by atoms with Crippen LogP contribution in [0.5, 0.6) is 11.5 Å². The van der Waals surface area contributed by atoms with E-state index in [1.807, 2.05) is 24.3 Å². The molecule has 25 heavy (non-hydrogen) atoms. The van der Waals surface area contributed by atoms with Gasteiger partial charge in [-0.05, 0) is 42.5 Å². The van der Waals surface area contributed by atoms with Gasteiger partial charge in [-0.15, -0.1) is 0 Å². The molecule has 0 aliphatic rings. The normalized spacial score (nSPS) is 10.5. The first kappa shape index (κ1) is 16.8. The molecule has 0 bridgehead atoms. The van der Waals surface area contributed by atoms with E-state index in [1.165, 1.54) is 18.2 Å². The summed E-state index contributed by atoms with van der Waals surface area (Å²) in [4.78, 5) is 16.5. The molecule has 1 amide bonds. The standard InChI is InChI=1S/C17H15ClN4O3/c1-25-12-5-2-10(3-6-12)16-20-15(21-22-16)9-19-17(24)13-8-11(18)4-7-14(13)23/h2-8,23H,9H2,1H3,(H,19,24)(H,20,21,22). The average molecular weight is 359 g/mol. The van der Waals surface area contributed by atoms with Gasteiger partial charge in [0.05, 0.1) is 19.2 Å². The van der Waals surface area contributed by atoms with Crippen molar-refractivity contribution in [2.75, 3.05) is 7.11 Å². The van der Waals surface area contributed by atoms with Crippen LogP contribution in [0.4, 0.5) is 0 Å². The van der Waals surface area contributed by atoms with Gasteiger partial charge in [-0.1, -0.05) is 11.6 Å². The molecule has 0 spiro atoms. The van der Waals surface area contributed by atoms with Crippen LogP contribution in [-0.4, -0.2) is 33.3 Å². The largest absolute Gasteiger partial charge is 0.507 e. The van der Waals surface area contributed by atoms with Crippen LogP contribution in [0, 0.1) is 0 Å². The number of phenolic OH excluding ortho intramolecular Hbond substituents is 1. The number of nitrogens with one attached hydrogen (secondary N) is 2. The van der Waals surface area contributed by atoms with E-state index in [0.29, 0.717) is 16.7 Å². The maximum atomic E-state index is 12.1. The summed E-state index contributed by atoms with van der Waals surface area (Å²) in [5, 5.41) is 19.6. The number of halogens is 1. The van der Waals surface area contributed by atoms with Crippen LogP contribution in [0.1, 0.15) is 16.2 Å². The van der Waals surface area contributed by atoms with Gasteiger partial charge in [0, 0.05) is 10.6 Å². The first-order valence-electron chi connectivity index (χ1n) is 7.39. The van der Waals surface area contributed by atoms with Crippen LogP contribution in [0.25, 0.3) is 11.4 Å². The number of aromatic nitrogens is 3. The number of rotatable bonds is 5. The molecule has 0 fully saturated rings. The molecule has 3 aromatic rings. The molecule has 8 heteroatoms. The summed E-state index contributed by atoms with van der Waals surface area (Å²) in [5.41, 5.74) is 0.921. The monoisotopic (exact) mass is 358 g/mol. The molecule has 3 N–H and O–H groups in total. The number of nitrogens with zero attached hydrogens (tertiary/aromatic N) is 2. The summed E-state index contributed by atoms with van der Waals surface area (Å²) in [7, 11) is 1.60. The maximum absolute atomic E-state index is 12.1. The topological polar surface area (TPSA) is 100 Å². The minimum Gasteiger partial charge on any atom is -0.507 e. The second kappa shape index (κ2) is 7.23. The highest BCUT2D eigenvalue weighted by Crippen LogP contribution is 2.21. The third-order valence-corrected chi connectivity index (χ3v) is 3.73. The van der Waals surface area contributed by atoms with Crippen LogP contribution >= 0.6 is 11.6 Å². The third-order valence-electron chi connectivity index (χ3n) is 3.50. The predicted octanol–water partition coefficient (Wildman–Crippen LogP) is 2.77. The molecule has 3 rings (SSSR count). The van der Waals surface area contributed by atoms with Gasteiger partial charge in [0.1, 0.15) is 17.3 Å². The molecule has 0 saturated carbocycles. The number of hydrogen-bond acceptors (Lipinski definition) is 5. The molecule has 2 aromatic carbocycles. The van der Waals surface area contributed by atoms with Crippen LogP contribution in [0.3, 0.4) is 0 Å². The van der Waals surface area contributed by atoms with E-state index in [1.54, 1.807) is 7.11 Å². The summed E-state index contributed by atoms with van der Waals surface area (Å²) in [5.74, 6) is 1.15. The summed E-state index contributed by atoms with van der Waals surface area (Å²) in [6, 6.07) is 11.6. The summed E-state index contributed by atoms with van der Waals surface area (Å²) in [6.45, 7) is 0.133. The van der Waals surface area contributed by atoms with Crippen molar-refractivity contribution in [3.63, 3.8) is 0 Å². The highest BCUT2D eigenvalue weighted by Gasteiger charge is 2.13.